The Balaban J connectivity index is 1.91. The maximum absolute atomic E-state index is 12.4. The van der Waals surface area contributed by atoms with Gasteiger partial charge in [-0.15, -0.1) is 11.3 Å². The van der Waals surface area contributed by atoms with Gasteiger partial charge in [0, 0.05) is 23.3 Å². The number of fused-ring (bicyclic) bond motifs is 2. The van der Waals surface area contributed by atoms with Crippen LogP contribution in [0.15, 0.2) is 12.1 Å². The van der Waals surface area contributed by atoms with Crippen molar-refractivity contribution in [3.63, 3.8) is 0 Å². The summed E-state index contributed by atoms with van der Waals surface area (Å²) in [7, 11) is 1.61. The van der Waals surface area contributed by atoms with Gasteiger partial charge < -0.3 is 19.5 Å². The van der Waals surface area contributed by atoms with Gasteiger partial charge >= 0.3 is 0 Å². The first kappa shape index (κ1) is 15.4. The van der Waals surface area contributed by atoms with Gasteiger partial charge in [0.05, 0.1) is 17.7 Å². The van der Waals surface area contributed by atoms with Crippen LogP contribution < -0.4 is 14.8 Å². The highest BCUT2D eigenvalue weighted by molar-refractivity contribution is 7.21. The summed E-state index contributed by atoms with van der Waals surface area (Å²) >= 11 is 7.73. The predicted molar refractivity (Wildman–Crippen MR) is 86.4 cm³/mol. The van der Waals surface area contributed by atoms with E-state index in [4.69, 9.17) is 25.8 Å². The molecule has 0 fully saturated rings. The van der Waals surface area contributed by atoms with Crippen molar-refractivity contribution < 1.29 is 19.0 Å². The first-order chi connectivity index (χ1) is 10.6. The minimum absolute atomic E-state index is 0.0320. The first-order valence-corrected chi connectivity index (χ1v) is 8.15. The van der Waals surface area contributed by atoms with Crippen molar-refractivity contribution in [3.05, 3.63) is 22.0 Å². The molecule has 7 heteroatoms. The minimum atomic E-state index is -0.183. The molecule has 0 unspecified atom stereocenters. The molecule has 1 aliphatic heterocycles. The lowest BCUT2D eigenvalue weighted by Crippen LogP contribution is -2.37. The smallest absolute Gasteiger partial charge is 0.263 e. The van der Waals surface area contributed by atoms with E-state index in [9.17, 15) is 4.79 Å². The molecule has 1 atom stereocenters. The Morgan fingerprint density at radius 1 is 1.45 bits per heavy atom. The van der Waals surface area contributed by atoms with Crippen LogP contribution in [0.1, 0.15) is 23.0 Å². The number of thiophene rings is 1. The second kappa shape index (κ2) is 6.32. The summed E-state index contributed by atoms with van der Waals surface area (Å²) in [6.45, 7) is 2.68. The highest BCUT2D eigenvalue weighted by atomic mass is 35.5. The molecule has 0 aliphatic carbocycles. The van der Waals surface area contributed by atoms with Crippen LogP contribution in [-0.2, 0) is 4.74 Å². The summed E-state index contributed by atoms with van der Waals surface area (Å²) in [6, 6.07) is 3.65. The highest BCUT2D eigenvalue weighted by Gasteiger charge is 2.23. The van der Waals surface area contributed by atoms with E-state index in [2.05, 4.69) is 5.32 Å². The second-order valence-corrected chi connectivity index (χ2v) is 6.41. The maximum Gasteiger partial charge on any atom is 0.263 e. The minimum Gasteiger partial charge on any atom is -0.454 e. The summed E-state index contributed by atoms with van der Waals surface area (Å²) in [6.07, 6.45) is 0.790. The number of hydrogen-bond acceptors (Lipinski definition) is 5. The lowest BCUT2D eigenvalue weighted by molar-refractivity contribution is 0.0899. The van der Waals surface area contributed by atoms with Gasteiger partial charge in [-0.3, -0.25) is 4.79 Å². The largest absolute Gasteiger partial charge is 0.454 e. The van der Waals surface area contributed by atoms with Crippen LogP contribution in [-0.4, -0.2) is 32.5 Å². The summed E-state index contributed by atoms with van der Waals surface area (Å²) in [5.74, 6) is 1.16. The molecule has 0 saturated carbocycles. The zero-order valence-corrected chi connectivity index (χ0v) is 13.8. The van der Waals surface area contributed by atoms with Crippen LogP contribution >= 0.6 is 22.9 Å². The number of halogens is 1. The molecule has 3 rings (SSSR count). The molecule has 22 heavy (non-hydrogen) atoms. The van der Waals surface area contributed by atoms with Crippen LogP contribution in [0.2, 0.25) is 5.02 Å². The molecule has 2 heterocycles. The van der Waals surface area contributed by atoms with E-state index in [0.717, 1.165) is 16.5 Å². The van der Waals surface area contributed by atoms with E-state index < -0.39 is 0 Å². The van der Waals surface area contributed by atoms with E-state index in [-0.39, 0.29) is 18.7 Å². The molecule has 1 amide bonds. The van der Waals surface area contributed by atoms with Crippen LogP contribution in [0.25, 0.3) is 10.1 Å². The fraction of sp³-hybridized carbons (Fsp3) is 0.400. The Labute approximate surface area is 137 Å². The molecular weight excluding hydrogens is 326 g/mol. The fourth-order valence-electron chi connectivity index (χ4n) is 2.32. The Bertz CT molecular complexity index is 715. The lowest BCUT2D eigenvalue weighted by atomic mass is 10.2. The Morgan fingerprint density at radius 2 is 2.18 bits per heavy atom. The second-order valence-electron chi connectivity index (χ2n) is 4.98. The van der Waals surface area contributed by atoms with Crippen molar-refractivity contribution in [1.29, 1.82) is 0 Å². The molecule has 0 radical (unpaired) electrons. The molecule has 0 saturated heterocycles. The molecule has 118 valence electrons. The summed E-state index contributed by atoms with van der Waals surface area (Å²) < 4.78 is 16.7. The molecule has 5 nitrogen and oxygen atoms in total. The molecule has 1 aromatic heterocycles. The number of amides is 1. The highest BCUT2D eigenvalue weighted by Crippen LogP contribution is 2.43. The van der Waals surface area contributed by atoms with E-state index in [1.54, 1.807) is 7.11 Å². The van der Waals surface area contributed by atoms with Crippen LogP contribution in [0.3, 0.4) is 0 Å². The lowest BCUT2D eigenvalue weighted by Gasteiger charge is -2.15. The zero-order valence-electron chi connectivity index (χ0n) is 12.3. The number of carbonyl (C=O) groups is 1. The van der Waals surface area contributed by atoms with Crippen LogP contribution in [0.5, 0.6) is 11.5 Å². The molecule has 0 bridgehead atoms. The fourth-order valence-corrected chi connectivity index (χ4v) is 3.74. The number of nitrogens with one attached hydrogen (secondary N) is 1. The van der Waals surface area contributed by atoms with Crippen molar-refractivity contribution >= 4 is 38.9 Å². The topological polar surface area (TPSA) is 56.8 Å². The van der Waals surface area contributed by atoms with Gasteiger partial charge in [-0.2, -0.15) is 0 Å². The van der Waals surface area contributed by atoms with E-state index in [1.807, 2.05) is 19.1 Å². The van der Waals surface area contributed by atoms with E-state index >= 15 is 0 Å². The normalized spacial score (nSPS) is 14.3. The first-order valence-electron chi connectivity index (χ1n) is 6.95. The zero-order chi connectivity index (χ0) is 15.7. The van der Waals surface area contributed by atoms with Crippen molar-refractivity contribution in [2.45, 2.75) is 19.4 Å². The number of benzene rings is 1. The standard InChI is InChI=1S/C15H16ClNO4S/c1-3-8(6-19-2)17-15(18)14-13(16)9-4-10-11(21-7-20-10)5-12(9)22-14/h4-5,8H,3,6-7H2,1-2H3,(H,17,18)/t8-/m0/s1. The Hall–Kier alpha value is -1.50. The van der Waals surface area contributed by atoms with Crippen LogP contribution in [0, 0.1) is 0 Å². The van der Waals surface area contributed by atoms with Gasteiger partial charge in [-0.1, -0.05) is 18.5 Å². The number of methoxy groups -OCH3 is 1. The van der Waals surface area contributed by atoms with E-state index in [0.29, 0.717) is 28.0 Å². The average Bonchev–Trinajstić information content (AvgIpc) is 3.09. The predicted octanol–water partition coefficient (Wildman–Crippen LogP) is 3.44. The summed E-state index contributed by atoms with van der Waals surface area (Å²) in [5.41, 5.74) is 0. The van der Waals surface area contributed by atoms with E-state index in [1.165, 1.54) is 11.3 Å². The quantitative estimate of drug-likeness (QED) is 0.905. The van der Waals surface area contributed by atoms with Gasteiger partial charge in [-0.25, -0.2) is 0 Å². The van der Waals surface area contributed by atoms with Crippen molar-refractivity contribution in [3.8, 4) is 11.5 Å². The number of ether oxygens (including phenoxy) is 3. The van der Waals surface area contributed by atoms with Crippen LogP contribution in [0.4, 0.5) is 0 Å². The summed E-state index contributed by atoms with van der Waals surface area (Å²) in [4.78, 5) is 12.9. The van der Waals surface area contributed by atoms with Crippen molar-refractivity contribution in [2.75, 3.05) is 20.5 Å². The number of rotatable bonds is 5. The molecular formula is C15H16ClNO4S. The monoisotopic (exact) mass is 341 g/mol. The number of hydrogen-bond donors (Lipinski definition) is 1. The van der Waals surface area contributed by atoms with Gasteiger partial charge in [0.2, 0.25) is 6.79 Å². The third-order valence-electron chi connectivity index (χ3n) is 3.52. The van der Waals surface area contributed by atoms with Crippen molar-refractivity contribution in [1.82, 2.24) is 5.32 Å². The SMILES string of the molecule is CC[C@@H](COC)NC(=O)c1sc2cc3c(cc2c1Cl)OCO3. The van der Waals surface area contributed by atoms with Gasteiger partial charge in [0.25, 0.3) is 5.91 Å². The molecule has 2 aromatic rings. The molecule has 1 aromatic carbocycles. The van der Waals surface area contributed by atoms with Gasteiger partial charge in [0.15, 0.2) is 11.5 Å². The van der Waals surface area contributed by atoms with Gasteiger partial charge in [0.1, 0.15) is 4.88 Å². The maximum atomic E-state index is 12.4. The number of carbonyl (C=O) groups excluding carboxylic acids is 1. The third kappa shape index (κ3) is 2.74. The molecule has 0 spiro atoms. The third-order valence-corrected chi connectivity index (χ3v) is 5.18. The summed E-state index contributed by atoms with van der Waals surface area (Å²) in [5, 5.41) is 4.20. The molecule has 1 N–H and O–H groups in total. The van der Waals surface area contributed by atoms with Gasteiger partial charge in [-0.05, 0) is 12.5 Å². The Kier molecular flexibility index (Phi) is 4.42. The molecule has 1 aliphatic rings. The average molecular weight is 342 g/mol. The van der Waals surface area contributed by atoms with Crippen molar-refractivity contribution in [2.24, 2.45) is 0 Å². The Morgan fingerprint density at radius 3 is 2.86 bits per heavy atom.